The van der Waals surface area contributed by atoms with Crippen molar-refractivity contribution < 1.29 is 0 Å². The largest absolute Gasteiger partial charge is 0.348 e. The molecule has 0 amide bonds. The molecule has 0 saturated carbocycles. The van der Waals surface area contributed by atoms with E-state index in [-0.39, 0.29) is 0 Å². The number of nitrogens with one attached hydrogen (secondary N) is 2. The van der Waals surface area contributed by atoms with E-state index in [2.05, 4.69) is 31.0 Å². The van der Waals surface area contributed by atoms with Crippen LogP contribution in [0, 0.1) is 6.92 Å². The van der Waals surface area contributed by atoms with E-state index in [1.807, 2.05) is 61.5 Å². The van der Waals surface area contributed by atoms with Crippen LogP contribution in [0.25, 0.3) is 0 Å². The summed E-state index contributed by atoms with van der Waals surface area (Å²) in [5.41, 5.74) is 3.22. The summed E-state index contributed by atoms with van der Waals surface area (Å²) in [5.74, 6) is 0.773. The summed E-state index contributed by atoms with van der Waals surface area (Å²) in [6.07, 6.45) is 0. The lowest BCUT2D eigenvalue weighted by atomic mass is 10.2. The van der Waals surface area contributed by atoms with Crippen LogP contribution < -0.4 is 10.6 Å². The van der Waals surface area contributed by atoms with Crippen LogP contribution in [-0.4, -0.2) is 20.4 Å². The average Bonchev–Trinajstić information content (AvgIpc) is 2.55. The zero-order valence-electron chi connectivity index (χ0n) is 12.2. The fourth-order valence-electron chi connectivity index (χ4n) is 1.98. The molecule has 1 heterocycles. The molecule has 0 fully saturated rings. The Morgan fingerprint density at radius 1 is 0.818 bits per heavy atom. The maximum atomic E-state index is 4.02. The minimum absolute atomic E-state index is 0.371. The molecule has 3 aromatic rings. The quantitative estimate of drug-likeness (QED) is 0.753. The van der Waals surface area contributed by atoms with E-state index in [1.54, 1.807) is 0 Å². The van der Waals surface area contributed by atoms with E-state index >= 15 is 0 Å². The Kier molecular flexibility index (Phi) is 4.20. The summed E-state index contributed by atoms with van der Waals surface area (Å²) in [6.45, 7) is 2.66. The van der Waals surface area contributed by atoms with Crippen molar-refractivity contribution in [2.75, 3.05) is 10.6 Å². The predicted octanol–water partition coefficient (Wildman–Crippen LogP) is 2.93. The summed E-state index contributed by atoms with van der Waals surface area (Å²) in [5, 5.41) is 22.2. The third kappa shape index (κ3) is 3.76. The normalized spacial score (nSPS) is 10.2. The summed E-state index contributed by atoms with van der Waals surface area (Å²) in [6, 6.07) is 18.0. The van der Waals surface area contributed by atoms with Crippen molar-refractivity contribution in [1.82, 2.24) is 20.4 Å². The molecule has 0 aliphatic carbocycles. The molecule has 0 atom stereocenters. The van der Waals surface area contributed by atoms with Crippen LogP contribution in [0.4, 0.5) is 17.6 Å². The molecule has 0 unspecified atom stereocenters. The number of anilines is 3. The fourth-order valence-corrected chi connectivity index (χ4v) is 1.98. The molecule has 6 heteroatoms. The Balaban J connectivity index is 1.60. The molecule has 110 valence electrons. The first kappa shape index (κ1) is 13.9. The van der Waals surface area contributed by atoms with Gasteiger partial charge in [-0.3, -0.25) is 0 Å². The number of aromatic nitrogens is 4. The monoisotopic (exact) mass is 292 g/mol. The number of aryl methyl sites for hydroxylation is 1. The maximum Gasteiger partial charge on any atom is 0.266 e. The standard InChI is InChI=1S/C16H16N6/c1-12-6-5-9-14(10-12)18-16-21-19-15(20-22-16)17-11-13-7-3-2-4-8-13/h2-10H,11H2,1H3,(H,17,19,20)(H,18,21,22). The van der Waals surface area contributed by atoms with E-state index in [0.29, 0.717) is 18.4 Å². The highest BCUT2D eigenvalue weighted by Gasteiger charge is 2.02. The zero-order valence-corrected chi connectivity index (χ0v) is 12.2. The second kappa shape index (κ2) is 6.62. The first-order valence-corrected chi connectivity index (χ1v) is 6.98. The molecule has 0 aliphatic rings. The summed E-state index contributed by atoms with van der Waals surface area (Å²) in [7, 11) is 0. The van der Waals surface area contributed by atoms with Crippen LogP contribution in [0.2, 0.25) is 0 Å². The van der Waals surface area contributed by atoms with E-state index in [4.69, 9.17) is 0 Å². The van der Waals surface area contributed by atoms with Crippen LogP contribution in [0.1, 0.15) is 11.1 Å². The van der Waals surface area contributed by atoms with Gasteiger partial charge in [-0.2, -0.15) is 0 Å². The van der Waals surface area contributed by atoms with E-state index in [9.17, 15) is 0 Å². The van der Waals surface area contributed by atoms with Crippen molar-refractivity contribution in [1.29, 1.82) is 0 Å². The minimum atomic E-state index is 0.371. The van der Waals surface area contributed by atoms with Crippen LogP contribution in [0.15, 0.2) is 54.6 Å². The number of rotatable bonds is 5. The van der Waals surface area contributed by atoms with Gasteiger partial charge < -0.3 is 10.6 Å². The van der Waals surface area contributed by atoms with Gasteiger partial charge in [-0.05, 0) is 30.2 Å². The molecule has 0 saturated heterocycles. The topological polar surface area (TPSA) is 75.6 Å². The van der Waals surface area contributed by atoms with Crippen molar-refractivity contribution in [2.45, 2.75) is 13.5 Å². The molecule has 0 spiro atoms. The van der Waals surface area contributed by atoms with Gasteiger partial charge in [-0.1, -0.05) is 42.5 Å². The number of hydrogen-bond acceptors (Lipinski definition) is 6. The first-order valence-electron chi connectivity index (χ1n) is 6.98. The molecule has 0 aliphatic heterocycles. The van der Waals surface area contributed by atoms with Crippen molar-refractivity contribution in [3.8, 4) is 0 Å². The lowest BCUT2D eigenvalue weighted by molar-refractivity contribution is 0.858. The lowest BCUT2D eigenvalue weighted by Gasteiger charge is -2.06. The third-order valence-corrected chi connectivity index (χ3v) is 3.05. The fraction of sp³-hybridized carbons (Fsp3) is 0.125. The summed E-state index contributed by atoms with van der Waals surface area (Å²) < 4.78 is 0. The smallest absolute Gasteiger partial charge is 0.266 e. The van der Waals surface area contributed by atoms with Gasteiger partial charge in [0.05, 0.1) is 0 Å². The van der Waals surface area contributed by atoms with Gasteiger partial charge in [0.1, 0.15) is 0 Å². The minimum Gasteiger partial charge on any atom is -0.348 e. The van der Waals surface area contributed by atoms with Crippen molar-refractivity contribution >= 4 is 17.6 Å². The molecule has 22 heavy (non-hydrogen) atoms. The maximum absolute atomic E-state index is 4.02. The van der Waals surface area contributed by atoms with Crippen molar-refractivity contribution in [3.63, 3.8) is 0 Å². The highest BCUT2D eigenvalue weighted by atomic mass is 15.4. The van der Waals surface area contributed by atoms with Gasteiger partial charge >= 0.3 is 0 Å². The first-order chi connectivity index (χ1) is 10.8. The second-order valence-electron chi connectivity index (χ2n) is 4.88. The Bertz CT molecular complexity index is 727. The van der Waals surface area contributed by atoms with E-state index < -0.39 is 0 Å². The number of nitrogens with zero attached hydrogens (tertiary/aromatic N) is 4. The van der Waals surface area contributed by atoms with Crippen molar-refractivity contribution in [2.24, 2.45) is 0 Å². The predicted molar refractivity (Wildman–Crippen MR) is 85.9 cm³/mol. The van der Waals surface area contributed by atoms with Crippen LogP contribution in [0.3, 0.4) is 0 Å². The van der Waals surface area contributed by atoms with Crippen LogP contribution in [0.5, 0.6) is 0 Å². The van der Waals surface area contributed by atoms with E-state index in [1.165, 1.54) is 0 Å². The van der Waals surface area contributed by atoms with Crippen molar-refractivity contribution in [3.05, 3.63) is 65.7 Å². The average molecular weight is 292 g/mol. The molecule has 1 aromatic heterocycles. The van der Waals surface area contributed by atoms with Gasteiger partial charge in [-0.25, -0.2) is 0 Å². The molecular formula is C16H16N6. The van der Waals surface area contributed by atoms with Gasteiger partial charge in [0.25, 0.3) is 11.9 Å². The molecule has 6 nitrogen and oxygen atoms in total. The Morgan fingerprint density at radius 3 is 2.27 bits per heavy atom. The third-order valence-electron chi connectivity index (χ3n) is 3.05. The van der Waals surface area contributed by atoms with Gasteiger partial charge in [0.15, 0.2) is 0 Å². The molecular weight excluding hydrogens is 276 g/mol. The number of benzene rings is 2. The highest BCUT2D eigenvalue weighted by Crippen LogP contribution is 2.13. The zero-order chi connectivity index (χ0) is 15.2. The van der Waals surface area contributed by atoms with Crippen LogP contribution in [-0.2, 0) is 6.54 Å². The Hall–Kier alpha value is -3.02. The molecule has 3 rings (SSSR count). The summed E-state index contributed by atoms with van der Waals surface area (Å²) in [4.78, 5) is 0. The Labute approximate surface area is 128 Å². The SMILES string of the molecule is Cc1cccc(Nc2nnc(NCc3ccccc3)nn2)c1. The summed E-state index contributed by atoms with van der Waals surface area (Å²) >= 11 is 0. The van der Waals surface area contributed by atoms with Crippen LogP contribution >= 0.6 is 0 Å². The Morgan fingerprint density at radius 2 is 1.55 bits per heavy atom. The molecule has 2 aromatic carbocycles. The highest BCUT2D eigenvalue weighted by molar-refractivity contribution is 5.53. The van der Waals surface area contributed by atoms with E-state index in [0.717, 1.165) is 16.8 Å². The van der Waals surface area contributed by atoms with Gasteiger partial charge in [0, 0.05) is 12.2 Å². The van der Waals surface area contributed by atoms with Gasteiger partial charge in [0.2, 0.25) is 0 Å². The second-order valence-corrected chi connectivity index (χ2v) is 4.88. The molecule has 2 N–H and O–H groups in total. The van der Waals surface area contributed by atoms with Gasteiger partial charge in [-0.15, -0.1) is 20.4 Å². The lowest BCUT2D eigenvalue weighted by Crippen LogP contribution is -2.08. The molecule has 0 bridgehead atoms. The molecule has 0 radical (unpaired) electrons. The number of hydrogen-bond donors (Lipinski definition) is 2.